The third kappa shape index (κ3) is 6.73. The lowest BCUT2D eigenvalue weighted by atomic mass is 9.88. The molecular formula is C30H40N4OP+. The van der Waals surface area contributed by atoms with Gasteiger partial charge in [-0.2, -0.15) is 0 Å². The first-order valence-corrected chi connectivity index (χ1v) is 14.6. The lowest BCUT2D eigenvalue weighted by Crippen LogP contribution is -2.41. The van der Waals surface area contributed by atoms with Crippen molar-refractivity contribution in [3.8, 4) is 0 Å². The molecule has 0 saturated carbocycles. The molecule has 0 spiro atoms. The van der Waals surface area contributed by atoms with Gasteiger partial charge in [0.05, 0.1) is 6.16 Å². The van der Waals surface area contributed by atoms with Crippen molar-refractivity contribution in [2.24, 2.45) is 11.1 Å². The summed E-state index contributed by atoms with van der Waals surface area (Å²) in [5.41, 5.74) is 5.01. The van der Waals surface area contributed by atoms with Crippen molar-refractivity contribution in [3.63, 3.8) is 0 Å². The van der Waals surface area contributed by atoms with E-state index in [-0.39, 0.29) is 11.9 Å². The van der Waals surface area contributed by atoms with Gasteiger partial charge in [-0.05, 0) is 55.7 Å². The fourth-order valence-corrected chi connectivity index (χ4v) is 8.89. The maximum atomic E-state index is 12.9. The first kappa shape index (κ1) is 27.4. The minimum atomic E-state index is -1.83. The van der Waals surface area contributed by atoms with Gasteiger partial charge >= 0.3 is 0 Å². The molecule has 6 heteroatoms. The Bertz CT molecular complexity index is 1010. The van der Waals surface area contributed by atoms with Crippen LogP contribution in [-0.4, -0.2) is 43.1 Å². The average molecular weight is 504 g/mol. The number of amides is 1. The second-order valence-electron chi connectivity index (χ2n) is 9.94. The van der Waals surface area contributed by atoms with Gasteiger partial charge in [-0.1, -0.05) is 68.4 Å². The molecule has 3 rings (SSSR count). The zero-order valence-corrected chi connectivity index (χ0v) is 22.7. The van der Waals surface area contributed by atoms with Crippen molar-refractivity contribution in [1.29, 1.82) is 5.41 Å². The van der Waals surface area contributed by atoms with Gasteiger partial charge in [0.2, 0.25) is 5.91 Å². The van der Waals surface area contributed by atoms with Gasteiger partial charge in [0.1, 0.15) is 23.2 Å². The van der Waals surface area contributed by atoms with Gasteiger partial charge in [-0.3, -0.25) is 10.2 Å². The molecule has 4 N–H and O–H groups in total. The number of nitrogens with two attached hydrogens (primary N) is 1. The Morgan fingerprint density at radius 1 is 0.861 bits per heavy atom. The van der Waals surface area contributed by atoms with Gasteiger partial charge in [-0.15, -0.1) is 0 Å². The van der Waals surface area contributed by atoms with E-state index in [1.54, 1.807) is 11.9 Å². The smallest absolute Gasteiger partial charge is 0.225 e. The average Bonchev–Trinajstić information content (AvgIpc) is 2.90. The van der Waals surface area contributed by atoms with Crippen LogP contribution in [0.4, 0.5) is 0 Å². The molecule has 5 nitrogen and oxygen atoms in total. The summed E-state index contributed by atoms with van der Waals surface area (Å²) in [5.74, 6) is 0.0722. The second-order valence-corrected chi connectivity index (χ2v) is 13.6. The molecule has 3 aromatic rings. The van der Waals surface area contributed by atoms with Crippen molar-refractivity contribution in [2.45, 2.75) is 33.1 Å². The number of guanidine groups is 1. The number of carbonyl (C=O) groups excluding carboxylic acids is 1. The van der Waals surface area contributed by atoms with Crippen LogP contribution in [0.15, 0.2) is 91.0 Å². The predicted molar refractivity (Wildman–Crippen MR) is 155 cm³/mol. The van der Waals surface area contributed by atoms with Crippen LogP contribution in [0.5, 0.6) is 0 Å². The number of nitrogens with zero attached hydrogens (tertiary/aromatic N) is 1. The minimum Gasteiger partial charge on any atom is -0.370 e. The summed E-state index contributed by atoms with van der Waals surface area (Å²) >= 11 is 0. The zero-order valence-electron chi connectivity index (χ0n) is 21.8. The summed E-state index contributed by atoms with van der Waals surface area (Å²) in [7, 11) is -0.0553. The van der Waals surface area contributed by atoms with E-state index in [2.05, 4.69) is 96.3 Å². The second kappa shape index (κ2) is 12.7. The number of carbonyl (C=O) groups is 1. The van der Waals surface area contributed by atoms with E-state index in [1.807, 2.05) is 13.8 Å². The quantitative estimate of drug-likeness (QED) is 0.151. The maximum Gasteiger partial charge on any atom is 0.225 e. The summed E-state index contributed by atoms with van der Waals surface area (Å²) in [5, 5.41) is 14.8. The van der Waals surface area contributed by atoms with Gasteiger partial charge in [0, 0.05) is 25.6 Å². The number of rotatable bonds is 12. The highest BCUT2D eigenvalue weighted by Crippen LogP contribution is 2.55. The molecule has 0 radical (unpaired) electrons. The summed E-state index contributed by atoms with van der Waals surface area (Å²) < 4.78 is 0. The number of benzene rings is 3. The van der Waals surface area contributed by atoms with Gasteiger partial charge in [0.15, 0.2) is 5.96 Å². The van der Waals surface area contributed by atoms with E-state index in [9.17, 15) is 4.79 Å². The molecule has 0 aliphatic carbocycles. The van der Waals surface area contributed by atoms with Gasteiger partial charge in [-0.25, -0.2) is 0 Å². The van der Waals surface area contributed by atoms with Crippen LogP contribution in [0.1, 0.15) is 33.1 Å². The van der Waals surface area contributed by atoms with Crippen LogP contribution in [0.25, 0.3) is 0 Å². The molecule has 1 amide bonds. The highest BCUT2D eigenvalue weighted by molar-refractivity contribution is 7.95. The Hall–Kier alpha value is -3.17. The normalized spacial score (nSPS) is 11.6. The number of hydrogen-bond acceptors (Lipinski definition) is 2. The molecule has 0 aromatic heterocycles. The topological polar surface area (TPSA) is 82.2 Å². The van der Waals surface area contributed by atoms with Gasteiger partial charge < -0.3 is 16.0 Å². The molecule has 3 aromatic carbocycles. The first-order chi connectivity index (χ1) is 17.3. The van der Waals surface area contributed by atoms with Crippen LogP contribution in [0.2, 0.25) is 0 Å². The van der Waals surface area contributed by atoms with Crippen LogP contribution in [0.3, 0.4) is 0 Å². The van der Waals surface area contributed by atoms with Crippen molar-refractivity contribution in [2.75, 3.05) is 26.3 Å². The van der Waals surface area contributed by atoms with E-state index >= 15 is 0 Å². The molecule has 0 unspecified atom stereocenters. The van der Waals surface area contributed by atoms with E-state index in [4.69, 9.17) is 11.1 Å². The van der Waals surface area contributed by atoms with E-state index in [1.165, 1.54) is 15.9 Å². The van der Waals surface area contributed by atoms with E-state index < -0.39 is 12.7 Å². The SMILES string of the molecule is CN(CCC(C)(C)C(=O)NCCCC[P+](c1ccccc1)(c1ccccc1)c1ccccc1)C(=N)N. The molecular weight excluding hydrogens is 463 g/mol. The Morgan fingerprint density at radius 2 is 1.31 bits per heavy atom. The fraction of sp³-hybridized carbons (Fsp3) is 0.333. The molecule has 0 bridgehead atoms. The number of hydrogen-bond donors (Lipinski definition) is 3. The lowest BCUT2D eigenvalue weighted by molar-refractivity contribution is -0.129. The third-order valence-electron chi connectivity index (χ3n) is 6.89. The molecule has 0 fully saturated rings. The number of nitrogens with one attached hydrogen (secondary N) is 2. The van der Waals surface area contributed by atoms with Crippen LogP contribution < -0.4 is 27.0 Å². The van der Waals surface area contributed by atoms with Crippen molar-refractivity contribution >= 4 is 35.0 Å². The Balaban J connectivity index is 1.71. The van der Waals surface area contributed by atoms with E-state index in [0.29, 0.717) is 19.5 Å². The Kier molecular flexibility index (Phi) is 9.66. The molecule has 190 valence electrons. The van der Waals surface area contributed by atoms with Crippen molar-refractivity contribution in [1.82, 2.24) is 10.2 Å². The Morgan fingerprint density at radius 3 is 1.72 bits per heavy atom. The van der Waals surface area contributed by atoms with Crippen molar-refractivity contribution < 1.29 is 4.79 Å². The Labute approximate surface area is 217 Å². The number of unbranched alkanes of at least 4 members (excludes halogenated alkanes) is 1. The van der Waals surface area contributed by atoms with Crippen LogP contribution >= 0.6 is 7.26 Å². The van der Waals surface area contributed by atoms with Crippen molar-refractivity contribution in [3.05, 3.63) is 91.0 Å². The monoisotopic (exact) mass is 503 g/mol. The van der Waals surface area contributed by atoms with Gasteiger partial charge in [0.25, 0.3) is 0 Å². The van der Waals surface area contributed by atoms with Crippen LogP contribution in [-0.2, 0) is 4.79 Å². The lowest BCUT2D eigenvalue weighted by Gasteiger charge is -2.28. The molecule has 0 heterocycles. The molecule has 0 aliphatic rings. The standard InChI is InChI=1S/C30H39N4OP/c1-30(2,21-23-34(3)29(31)32)28(35)33-22-13-14-24-36(25-15-7-4-8-16-25,26-17-9-5-10-18-26)27-19-11-6-12-20-27/h4-12,15-20H,13-14,21-24H2,1-3H3,(H3-,31,32,33,35)/p+1. The summed E-state index contributed by atoms with van der Waals surface area (Å²) in [6, 6.07) is 32.7. The van der Waals surface area contributed by atoms with E-state index in [0.717, 1.165) is 19.0 Å². The predicted octanol–water partition coefficient (Wildman–Crippen LogP) is 4.12. The van der Waals surface area contributed by atoms with Crippen LogP contribution in [0, 0.1) is 10.8 Å². The molecule has 0 atom stereocenters. The minimum absolute atomic E-state index is 0.0215. The molecule has 36 heavy (non-hydrogen) atoms. The fourth-order valence-electron chi connectivity index (χ4n) is 4.48. The summed E-state index contributed by atoms with van der Waals surface area (Å²) in [4.78, 5) is 14.5. The molecule has 0 aliphatic heterocycles. The first-order valence-electron chi connectivity index (χ1n) is 12.7. The highest BCUT2D eigenvalue weighted by Gasteiger charge is 2.44. The summed E-state index contributed by atoms with van der Waals surface area (Å²) in [6.07, 6.45) is 3.62. The maximum absolute atomic E-state index is 12.9. The largest absolute Gasteiger partial charge is 0.370 e. The summed E-state index contributed by atoms with van der Waals surface area (Å²) in [6.45, 7) is 5.14. The molecule has 0 saturated heterocycles. The highest BCUT2D eigenvalue weighted by atomic mass is 31.2. The third-order valence-corrected chi connectivity index (χ3v) is 11.4. The zero-order chi connectivity index (χ0) is 26.0.